The van der Waals surface area contributed by atoms with E-state index in [4.69, 9.17) is 26.5 Å². The molecule has 0 bridgehead atoms. The summed E-state index contributed by atoms with van der Waals surface area (Å²) in [5, 5.41) is 0.532. The number of rotatable bonds is 4. The van der Waals surface area contributed by atoms with E-state index in [1.165, 1.54) is 0 Å². The number of carbonyl (C=O) groups is 1. The molecule has 1 heterocycles. The van der Waals surface area contributed by atoms with Gasteiger partial charge in [-0.3, -0.25) is 0 Å². The van der Waals surface area contributed by atoms with Crippen molar-refractivity contribution in [1.82, 2.24) is 4.98 Å². The number of hydrogen-bond donors (Lipinski definition) is 1. The van der Waals surface area contributed by atoms with Crippen molar-refractivity contribution in [3.05, 3.63) is 46.4 Å². The van der Waals surface area contributed by atoms with Crippen LogP contribution in [0, 0.1) is 6.92 Å². The molecule has 1 aromatic heterocycles. The van der Waals surface area contributed by atoms with Crippen molar-refractivity contribution >= 4 is 29.3 Å². The average molecular weight is 308 g/mol. The highest BCUT2D eigenvalue weighted by molar-refractivity contribution is 6.31. The van der Waals surface area contributed by atoms with Crippen molar-refractivity contribution in [2.24, 2.45) is 10.7 Å². The molecule has 0 fully saturated rings. The number of nitrogens with two attached hydrogens (primary N) is 1. The number of carbonyl (C=O) groups excluding carboxylic acids is 1. The van der Waals surface area contributed by atoms with Crippen LogP contribution in [0.2, 0.25) is 5.02 Å². The standard InChI is InChI=1S/C14H14ClN3O3/c1-3-20-14(19)11-13(21-8(2)17-11)18-12(16)9-5-4-6-10(15)7-9/h4-7H,3H2,1-2H3,(H2,16,18). The summed E-state index contributed by atoms with van der Waals surface area (Å²) in [5.74, 6) is -0.120. The van der Waals surface area contributed by atoms with Gasteiger partial charge in [0.2, 0.25) is 5.69 Å². The molecule has 2 aromatic rings. The lowest BCUT2D eigenvalue weighted by Gasteiger charge is -2.01. The zero-order valence-electron chi connectivity index (χ0n) is 11.6. The van der Waals surface area contributed by atoms with Gasteiger partial charge in [-0.15, -0.1) is 0 Å². The van der Waals surface area contributed by atoms with Gasteiger partial charge >= 0.3 is 5.97 Å². The van der Waals surface area contributed by atoms with Crippen LogP contribution in [0.3, 0.4) is 0 Å². The Morgan fingerprint density at radius 1 is 1.52 bits per heavy atom. The number of aromatic nitrogens is 1. The molecule has 0 unspecified atom stereocenters. The first-order valence-electron chi connectivity index (χ1n) is 6.26. The monoisotopic (exact) mass is 307 g/mol. The van der Waals surface area contributed by atoms with Crippen LogP contribution in [0.4, 0.5) is 5.88 Å². The van der Waals surface area contributed by atoms with Gasteiger partial charge in [0, 0.05) is 17.5 Å². The molecule has 21 heavy (non-hydrogen) atoms. The van der Waals surface area contributed by atoms with E-state index in [1.807, 2.05) is 0 Å². The number of hydrogen-bond acceptors (Lipinski definition) is 5. The van der Waals surface area contributed by atoms with Crippen LogP contribution in [-0.4, -0.2) is 23.4 Å². The van der Waals surface area contributed by atoms with Crippen LogP contribution >= 0.6 is 11.6 Å². The van der Waals surface area contributed by atoms with Crippen LogP contribution in [-0.2, 0) is 4.74 Å². The van der Waals surface area contributed by atoms with Crippen LogP contribution in [0.5, 0.6) is 0 Å². The van der Waals surface area contributed by atoms with Crippen molar-refractivity contribution < 1.29 is 13.9 Å². The van der Waals surface area contributed by atoms with Crippen molar-refractivity contribution in [2.45, 2.75) is 13.8 Å². The maximum Gasteiger partial charge on any atom is 0.362 e. The Morgan fingerprint density at radius 3 is 2.95 bits per heavy atom. The number of esters is 1. The summed E-state index contributed by atoms with van der Waals surface area (Å²) in [5.41, 5.74) is 6.52. The molecule has 1 aromatic carbocycles. The van der Waals surface area contributed by atoms with Gasteiger partial charge in [-0.05, 0) is 19.1 Å². The van der Waals surface area contributed by atoms with Crippen molar-refractivity contribution in [1.29, 1.82) is 0 Å². The minimum absolute atomic E-state index is 0.000622. The number of aryl methyl sites for hydroxylation is 1. The lowest BCUT2D eigenvalue weighted by Crippen LogP contribution is -2.13. The van der Waals surface area contributed by atoms with Crippen LogP contribution in [0.1, 0.15) is 28.9 Å². The second kappa shape index (κ2) is 6.41. The number of oxazole rings is 1. The van der Waals surface area contributed by atoms with Gasteiger partial charge in [-0.2, -0.15) is 4.99 Å². The molecule has 0 spiro atoms. The van der Waals surface area contributed by atoms with E-state index in [0.29, 0.717) is 16.5 Å². The van der Waals surface area contributed by atoms with Gasteiger partial charge in [0.25, 0.3) is 5.88 Å². The number of nitrogens with zero attached hydrogens (tertiary/aromatic N) is 2. The molecule has 110 valence electrons. The molecule has 7 heteroatoms. The second-order valence-corrected chi connectivity index (χ2v) is 4.55. The fraction of sp³-hybridized carbons (Fsp3) is 0.214. The highest BCUT2D eigenvalue weighted by Gasteiger charge is 2.20. The Kier molecular flexibility index (Phi) is 4.59. The summed E-state index contributed by atoms with van der Waals surface area (Å²) < 4.78 is 10.2. The average Bonchev–Trinajstić information content (AvgIpc) is 2.80. The molecule has 0 aliphatic heterocycles. The SMILES string of the molecule is CCOC(=O)c1nc(C)oc1/N=C(\N)c1cccc(Cl)c1. The molecular formula is C14H14ClN3O3. The van der Waals surface area contributed by atoms with Crippen molar-refractivity contribution in [2.75, 3.05) is 6.61 Å². The quantitative estimate of drug-likeness (QED) is 0.533. The van der Waals surface area contributed by atoms with E-state index >= 15 is 0 Å². The molecule has 2 rings (SSSR count). The van der Waals surface area contributed by atoms with Crippen molar-refractivity contribution in [3.63, 3.8) is 0 Å². The van der Waals surface area contributed by atoms with Gasteiger partial charge in [0.1, 0.15) is 5.84 Å². The molecule has 0 amide bonds. The van der Waals surface area contributed by atoms with E-state index in [0.717, 1.165) is 0 Å². The minimum Gasteiger partial charge on any atom is -0.461 e. The summed E-state index contributed by atoms with van der Waals surface area (Å²) in [7, 11) is 0. The lowest BCUT2D eigenvalue weighted by molar-refractivity contribution is 0.0520. The third-order valence-electron chi connectivity index (χ3n) is 2.53. The summed E-state index contributed by atoms with van der Waals surface area (Å²) in [6.45, 7) is 3.54. The number of ether oxygens (including phenoxy) is 1. The topological polar surface area (TPSA) is 90.7 Å². The Balaban J connectivity index is 2.38. The molecule has 2 N–H and O–H groups in total. The van der Waals surface area contributed by atoms with E-state index < -0.39 is 5.97 Å². The molecule has 0 saturated carbocycles. The Hall–Kier alpha value is -2.34. The molecule has 0 atom stereocenters. The number of benzene rings is 1. The summed E-state index contributed by atoms with van der Waals surface area (Å²) in [4.78, 5) is 19.8. The zero-order valence-corrected chi connectivity index (χ0v) is 12.3. The fourth-order valence-electron chi connectivity index (χ4n) is 1.65. The number of aliphatic imine (C=N–C) groups is 1. The predicted octanol–water partition coefficient (Wildman–Crippen LogP) is 2.85. The van der Waals surface area contributed by atoms with Crippen molar-refractivity contribution in [3.8, 4) is 0 Å². The first-order chi connectivity index (χ1) is 10.0. The van der Waals surface area contributed by atoms with E-state index in [1.54, 1.807) is 38.1 Å². The maximum atomic E-state index is 11.8. The smallest absolute Gasteiger partial charge is 0.362 e. The minimum atomic E-state index is -0.605. The third-order valence-corrected chi connectivity index (χ3v) is 2.76. The highest BCUT2D eigenvalue weighted by Crippen LogP contribution is 2.22. The predicted molar refractivity (Wildman–Crippen MR) is 79.0 cm³/mol. The Morgan fingerprint density at radius 2 is 2.29 bits per heavy atom. The lowest BCUT2D eigenvalue weighted by atomic mass is 10.2. The normalized spacial score (nSPS) is 11.5. The van der Waals surface area contributed by atoms with Gasteiger partial charge in [-0.25, -0.2) is 9.78 Å². The van der Waals surface area contributed by atoms with Crippen LogP contribution in [0.25, 0.3) is 0 Å². The van der Waals surface area contributed by atoms with Crippen LogP contribution < -0.4 is 5.73 Å². The molecule has 0 radical (unpaired) electrons. The Labute approximate surface area is 126 Å². The fourth-order valence-corrected chi connectivity index (χ4v) is 1.84. The molecule has 0 aliphatic carbocycles. The zero-order chi connectivity index (χ0) is 15.4. The van der Waals surface area contributed by atoms with Gasteiger partial charge in [-0.1, -0.05) is 23.7 Å². The van der Waals surface area contributed by atoms with E-state index in [9.17, 15) is 4.79 Å². The Bertz CT molecular complexity index is 695. The summed E-state index contributed by atoms with van der Waals surface area (Å²) >= 11 is 5.90. The summed E-state index contributed by atoms with van der Waals surface area (Å²) in [6.07, 6.45) is 0. The van der Waals surface area contributed by atoms with Crippen LogP contribution in [0.15, 0.2) is 33.7 Å². The number of amidine groups is 1. The maximum absolute atomic E-state index is 11.8. The van der Waals surface area contributed by atoms with Gasteiger partial charge < -0.3 is 14.9 Å². The molecular weight excluding hydrogens is 294 g/mol. The molecule has 0 aliphatic rings. The number of halogens is 1. The third kappa shape index (κ3) is 3.61. The van der Waals surface area contributed by atoms with E-state index in [2.05, 4.69) is 9.98 Å². The van der Waals surface area contributed by atoms with Gasteiger partial charge in [0.15, 0.2) is 5.89 Å². The van der Waals surface area contributed by atoms with Gasteiger partial charge in [0.05, 0.1) is 6.61 Å². The first kappa shape index (κ1) is 15.1. The highest BCUT2D eigenvalue weighted by atomic mass is 35.5. The molecule has 0 saturated heterocycles. The largest absolute Gasteiger partial charge is 0.461 e. The second-order valence-electron chi connectivity index (χ2n) is 4.11. The molecule has 6 nitrogen and oxygen atoms in total. The van der Waals surface area contributed by atoms with E-state index in [-0.39, 0.29) is 24.0 Å². The first-order valence-corrected chi connectivity index (χ1v) is 6.63. The summed E-state index contributed by atoms with van der Waals surface area (Å²) in [6, 6.07) is 6.88.